The molecule has 0 radical (unpaired) electrons. The number of benzene rings is 2. The second-order valence-corrected chi connectivity index (χ2v) is 6.71. The smallest absolute Gasteiger partial charge is 0.230 e. The molecule has 122 valence electrons. The number of carbonyl (C=O) groups excluding carboxylic acids is 1. The van der Waals surface area contributed by atoms with E-state index in [4.69, 9.17) is 4.98 Å². The Bertz CT molecular complexity index is 850. The largest absolute Gasteiger partial charge is 0.353 e. The Labute approximate surface area is 145 Å². The lowest BCUT2D eigenvalue weighted by Crippen LogP contribution is -2.31. The molecule has 0 atom stereocenters. The Morgan fingerprint density at radius 1 is 1.04 bits per heavy atom. The maximum absolute atomic E-state index is 11.9. The van der Waals surface area contributed by atoms with Crippen molar-refractivity contribution in [2.24, 2.45) is 0 Å². The van der Waals surface area contributed by atoms with Gasteiger partial charge >= 0.3 is 0 Å². The summed E-state index contributed by atoms with van der Waals surface area (Å²) in [5, 5.41) is 4.71. The topological polar surface area (TPSA) is 54.9 Å². The summed E-state index contributed by atoms with van der Waals surface area (Å²) in [4.78, 5) is 21.3. The second kappa shape index (κ2) is 7.45. The van der Waals surface area contributed by atoms with Crippen molar-refractivity contribution in [1.29, 1.82) is 0 Å². The van der Waals surface area contributed by atoms with Crippen molar-refractivity contribution < 1.29 is 4.79 Å². The molecule has 0 bridgehead atoms. The number of rotatable bonds is 5. The molecular formula is C19H19N3OS. The highest BCUT2D eigenvalue weighted by atomic mass is 32.2. The molecule has 3 rings (SSSR count). The van der Waals surface area contributed by atoms with Gasteiger partial charge in [-0.25, -0.2) is 9.97 Å². The van der Waals surface area contributed by atoms with Gasteiger partial charge in [-0.3, -0.25) is 4.79 Å². The average molecular weight is 337 g/mol. The number of carbonyl (C=O) groups is 1. The van der Waals surface area contributed by atoms with E-state index in [1.54, 1.807) is 0 Å². The number of nitrogens with one attached hydrogen (secondary N) is 1. The minimum atomic E-state index is 0.0129. The van der Waals surface area contributed by atoms with Gasteiger partial charge in [0.2, 0.25) is 5.91 Å². The third-order valence-electron chi connectivity index (χ3n) is 3.39. The molecular weight excluding hydrogens is 318 g/mol. The van der Waals surface area contributed by atoms with Gasteiger partial charge in [-0.2, -0.15) is 0 Å². The molecule has 1 amide bonds. The lowest BCUT2D eigenvalue weighted by Gasteiger charge is -2.10. The van der Waals surface area contributed by atoms with E-state index in [1.807, 2.05) is 68.4 Å². The zero-order chi connectivity index (χ0) is 16.9. The van der Waals surface area contributed by atoms with Gasteiger partial charge in [-0.05, 0) is 19.9 Å². The van der Waals surface area contributed by atoms with Crippen molar-refractivity contribution in [2.45, 2.75) is 24.9 Å². The third-order valence-corrected chi connectivity index (χ3v) is 4.38. The Morgan fingerprint density at radius 2 is 1.75 bits per heavy atom. The number of fused-ring (bicyclic) bond motifs is 1. The van der Waals surface area contributed by atoms with Crippen LogP contribution >= 0.6 is 11.8 Å². The average Bonchev–Trinajstić information content (AvgIpc) is 2.59. The molecule has 4 nitrogen and oxygen atoms in total. The molecule has 1 heterocycles. The van der Waals surface area contributed by atoms with Gasteiger partial charge in [-0.1, -0.05) is 60.3 Å². The molecule has 0 saturated heterocycles. The Morgan fingerprint density at radius 3 is 2.50 bits per heavy atom. The van der Waals surface area contributed by atoms with Gasteiger partial charge in [-0.15, -0.1) is 0 Å². The van der Waals surface area contributed by atoms with Crippen molar-refractivity contribution >= 4 is 28.6 Å². The zero-order valence-electron chi connectivity index (χ0n) is 13.7. The maximum atomic E-state index is 11.9. The molecule has 5 heteroatoms. The molecule has 0 fully saturated rings. The van der Waals surface area contributed by atoms with E-state index < -0.39 is 0 Å². The molecule has 0 unspecified atom stereocenters. The predicted molar refractivity (Wildman–Crippen MR) is 99.0 cm³/mol. The van der Waals surface area contributed by atoms with Crippen LogP contribution in [0.5, 0.6) is 0 Å². The highest BCUT2D eigenvalue weighted by Gasteiger charge is 2.12. The Hall–Kier alpha value is -2.40. The number of hydrogen-bond acceptors (Lipinski definition) is 4. The normalized spacial score (nSPS) is 11.0. The van der Waals surface area contributed by atoms with Crippen LogP contribution in [0.15, 0.2) is 59.6 Å². The maximum Gasteiger partial charge on any atom is 0.230 e. The van der Waals surface area contributed by atoms with Crippen LogP contribution in [0.1, 0.15) is 13.8 Å². The standard InChI is InChI=1S/C19H19N3OS/c1-13(2)20-17(23)12-24-19-15-10-6-7-11-16(15)21-18(22-19)14-8-4-3-5-9-14/h3-11,13H,12H2,1-2H3,(H,20,23). The molecule has 24 heavy (non-hydrogen) atoms. The van der Waals surface area contributed by atoms with Gasteiger partial charge in [0, 0.05) is 17.0 Å². The van der Waals surface area contributed by atoms with E-state index in [1.165, 1.54) is 11.8 Å². The zero-order valence-corrected chi connectivity index (χ0v) is 14.5. The molecule has 0 aliphatic carbocycles. The molecule has 3 aromatic rings. The SMILES string of the molecule is CC(C)NC(=O)CSc1nc(-c2ccccc2)nc2ccccc12. The summed E-state index contributed by atoms with van der Waals surface area (Å²) in [5.74, 6) is 1.04. The summed E-state index contributed by atoms with van der Waals surface area (Å²) in [6.45, 7) is 3.91. The van der Waals surface area contributed by atoms with Crippen LogP contribution in [0.3, 0.4) is 0 Å². The van der Waals surface area contributed by atoms with Crippen molar-refractivity contribution in [3.05, 3.63) is 54.6 Å². The summed E-state index contributed by atoms with van der Waals surface area (Å²) in [5.41, 5.74) is 1.86. The predicted octanol–water partition coefficient (Wildman–Crippen LogP) is 3.91. The summed E-state index contributed by atoms with van der Waals surface area (Å²) < 4.78 is 0. The van der Waals surface area contributed by atoms with Crippen molar-refractivity contribution in [2.75, 3.05) is 5.75 Å². The van der Waals surface area contributed by atoms with Crippen LogP contribution in [0.4, 0.5) is 0 Å². The van der Waals surface area contributed by atoms with Crippen LogP contribution in [-0.4, -0.2) is 27.7 Å². The summed E-state index contributed by atoms with van der Waals surface area (Å²) >= 11 is 1.45. The first-order valence-corrected chi connectivity index (χ1v) is 8.86. The Balaban J connectivity index is 1.95. The van der Waals surface area contributed by atoms with Crippen molar-refractivity contribution in [3.63, 3.8) is 0 Å². The monoisotopic (exact) mass is 337 g/mol. The summed E-state index contributed by atoms with van der Waals surface area (Å²) in [7, 11) is 0. The first-order chi connectivity index (χ1) is 11.6. The second-order valence-electron chi connectivity index (χ2n) is 5.75. The quantitative estimate of drug-likeness (QED) is 0.566. The highest BCUT2D eigenvalue weighted by Crippen LogP contribution is 2.28. The molecule has 1 N–H and O–H groups in total. The number of hydrogen-bond donors (Lipinski definition) is 1. The number of nitrogens with zero attached hydrogens (tertiary/aromatic N) is 2. The van der Waals surface area contributed by atoms with Gasteiger partial charge in [0.1, 0.15) is 5.03 Å². The van der Waals surface area contributed by atoms with E-state index in [0.717, 1.165) is 21.5 Å². The number of thioether (sulfide) groups is 1. The Kier molecular flexibility index (Phi) is 5.11. The lowest BCUT2D eigenvalue weighted by atomic mass is 10.2. The fourth-order valence-corrected chi connectivity index (χ4v) is 3.20. The van der Waals surface area contributed by atoms with E-state index >= 15 is 0 Å². The lowest BCUT2D eigenvalue weighted by molar-refractivity contribution is -0.119. The van der Waals surface area contributed by atoms with Crippen molar-refractivity contribution in [1.82, 2.24) is 15.3 Å². The van der Waals surface area contributed by atoms with E-state index in [-0.39, 0.29) is 11.9 Å². The first-order valence-electron chi connectivity index (χ1n) is 7.88. The minimum absolute atomic E-state index is 0.0129. The molecule has 2 aromatic carbocycles. The van der Waals surface area contributed by atoms with E-state index in [9.17, 15) is 4.79 Å². The van der Waals surface area contributed by atoms with Crippen LogP contribution in [-0.2, 0) is 4.79 Å². The summed E-state index contributed by atoms with van der Waals surface area (Å²) in [6, 6.07) is 17.9. The first kappa shape index (κ1) is 16.5. The van der Waals surface area contributed by atoms with Gasteiger partial charge in [0.25, 0.3) is 0 Å². The number of aromatic nitrogens is 2. The van der Waals surface area contributed by atoms with E-state index in [0.29, 0.717) is 11.6 Å². The minimum Gasteiger partial charge on any atom is -0.353 e. The fourth-order valence-electron chi connectivity index (χ4n) is 2.37. The molecule has 0 aliphatic heterocycles. The van der Waals surface area contributed by atoms with Gasteiger partial charge in [0.15, 0.2) is 5.82 Å². The van der Waals surface area contributed by atoms with Crippen LogP contribution in [0, 0.1) is 0 Å². The molecule has 0 saturated carbocycles. The fraction of sp³-hybridized carbons (Fsp3) is 0.211. The van der Waals surface area contributed by atoms with Crippen molar-refractivity contribution in [3.8, 4) is 11.4 Å². The number of para-hydroxylation sites is 1. The van der Waals surface area contributed by atoms with Gasteiger partial charge < -0.3 is 5.32 Å². The third kappa shape index (κ3) is 3.92. The number of amides is 1. The molecule has 1 aromatic heterocycles. The van der Waals surface area contributed by atoms with Crippen LogP contribution < -0.4 is 5.32 Å². The molecule has 0 aliphatic rings. The van der Waals surface area contributed by atoms with Crippen LogP contribution in [0.25, 0.3) is 22.3 Å². The van der Waals surface area contributed by atoms with E-state index in [2.05, 4.69) is 10.3 Å². The molecule has 0 spiro atoms. The van der Waals surface area contributed by atoms with Gasteiger partial charge in [0.05, 0.1) is 11.3 Å². The van der Waals surface area contributed by atoms with Crippen LogP contribution in [0.2, 0.25) is 0 Å². The highest BCUT2D eigenvalue weighted by molar-refractivity contribution is 8.00. The summed E-state index contributed by atoms with van der Waals surface area (Å²) in [6.07, 6.45) is 0.